The number of rotatable bonds is 3. The average Bonchev–Trinajstić information content (AvgIpc) is 2.84. The Bertz CT molecular complexity index is 1060. The zero-order valence-corrected chi connectivity index (χ0v) is 26.8. The summed E-state index contributed by atoms with van der Waals surface area (Å²) in [4.78, 5) is 31.6. The first-order chi connectivity index (χ1) is 18.7. The molecule has 11 atom stereocenters. The number of carbonyl (C=O) groups is 3. The van der Waals surface area contributed by atoms with Gasteiger partial charge in [-0.1, -0.05) is 55.4 Å². The minimum absolute atomic E-state index is 0.0773. The molecule has 7 heteroatoms. The van der Waals surface area contributed by atoms with Crippen molar-refractivity contribution in [1.29, 1.82) is 0 Å². The van der Waals surface area contributed by atoms with Crippen LogP contribution in [-0.4, -0.2) is 43.9 Å². The summed E-state index contributed by atoms with van der Waals surface area (Å²) in [5.41, 5.74) is -1.34. The highest BCUT2D eigenvalue weighted by Gasteiger charge is 2.74. The van der Waals surface area contributed by atoms with Crippen LogP contribution in [0.2, 0.25) is 0 Å². The molecule has 0 aromatic heterocycles. The van der Waals surface area contributed by atoms with Crippen LogP contribution in [0.3, 0.4) is 0 Å². The fraction of sp³-hybridized carbons (Fsp3) is 0.912. The van der Waals surface area contributed by atoms with Gasteiger partial charge in [-0.15, -0.1) is 0 Å². The molecule has 5 saturated carbocycles. The van der Waals surface area contributed by atoms with Crippen molar-refractivity contribution in [3.8, 4) is 0 Å². The molecule has 5 rings (SSSR count). The van der Waals surface area contributed by atoms with Crippen molar-refractivity contribution in [1.82, 2.24) is 0 Å². The molecule has 234 valence electrons. The molecule has 0 heterocycles. The van der Waals surface area contributed by atoms with E-state index >= 15 is 0 Å². The SMILES string of the molecule is C[C@@H]1[C@H]2[C@H]3CC[C@@H]4[C@]5(C)[C@@H](CC[C@@]4(C)[C@]3(C)CC[C@@]2(C)CC[C@H]1C)C(C)(C)CCC5(O)C(=O)O.O=C(O)CC(=O)O. The summed E-state index contributed by atoms with van der Waals surface area (Å²) in [5.74, 6) is -0.00951. The largest absolute Gasteiger partial charge is 0.481 e. The molecule has 0 amide bonds. The molecule has 0 radical (unpaired) electrons. The van der Waals surface area contributed by atoms with Gasteiger partial charge < -0.3 is 20.4 Å². The molecule has 0 aliphatic heterocycles. The third-order valence-electron chi connectivity index (χ3n) is 14.8. The quantitative estimate of drug-likeness (QED) is 0.263. The normalized spacial score (nSPS) is 50.0. The molecule has 5 aliphatic carbocycles. The maximum atomic E-state index is 12.7. The average molecular weight is 577 g/mol. The molecule has 4 N–H and O–H groups in total. The number of carboxylic acid groups (broad SMARTS) is 3. The zero-order valence-electron chi connectivity index (χ0n) is 26.8. The minimum atomic E-state index is -1.61. The summed E-state index contributed by atoms with van der Waals surface area (Å²) in [6, 6.07) is 0. The van der Waals surface area contributed by atoms with Crippen LogP contribution in [0.4, 0.5) is 0 Å². The van der Waals surface area contributed by atoms with E-state index in [0.717, 1.165) is 42.9 Å². The number of aliphatic carboxylic acids is 3. The van der Waals surface area contributed by atoms with Gasteiger partial charge in [0.15, 0.2) is 5.60 Å². The van der Waals surface area contributed by atoms with Crippen molar-refractivity contribution >= 4 is 17.9 Å². The number of hydrogen-bond donors (Lipinski definition) is 4. The molecule has 5 aliphatic rings. The lowest BCUT2D eigenvalue weighted by Gasteiger charge is -2.75. The lowest BCUT2D eigenvalue weighted by Crippen LogP contribution is -2.73. The zero-order chi connectivity index (χ0) is 31.0. The Morgan fingerprint density at radius 3 is 1.83 bits per heavy atom. The minimum Gasteiger partial charge on any atom is -0.481 e. The summed E-state index contributed by atoms with van der Waals surface area (Å²) in [6.45, 7) is 19.6. The Hall–Kier alpha value is -1.63. The van der Waals surface area contributed by atoms with Crippen LogP contribution >= 0.6 is 0 Å². The summed E-state index contributed by atoms with van der Waals surface area (Å²) < 4.78 is 0. The van der Waals surface area contributed by atoms with Crippen LogP contribution in [-0.2, 0) is 14.4 Å². The first kappa shape index (κ1) is 32.3. The van der Waals surface area contributed by atoms with Gasteiger partial charge in [-0.2, -0.15) is 0 Å². The predicted octanol–water partition coefficient (Wildman–Crippen LogP) is 7.11. The van der Waals surface area contributed by atoms with Crippen LogP contribution < -0.4 is 0 Å². The van der Waals surface area contributed by atoms with Crippen LogP contribution in [0.1, 0.15) is 126 Å². The van der Waals surface area contributed by atoms with Gasteiger partial charge in [0, 0.05) is 5.41 Å². The van der Waals surface area contributed by atoms with Gasteiger partial charge in [-0.3, -0.25) is 9.59 Å². The van der Waals surface area contributed by atoms with Crippen LogP contribution in [0.25, 0.3) is 0 Å². The fourth-order valence-corrected chi connectivity index (χ4v) is 12.1. The maximum absolute atomic E-state index is 12.7. The molecular formula is C34H56O7. The smallest absolute Gasteiger partial charge is 0.336 e. The van der Waals surface area contributed by atoms with E-state index in [1.807, 2.05) is 0 Å². The van der Waals surface area contributed by atoms with Gasteiger partial charge in [0.2, 0.25) is 0 Å². The lowest BCUT2D eigenvalue weighted by molar-refractivity contribution is -0.290. The van der Waals surface area contributed by atoms with Gasteiger partial charge in [-0.05, 0) is 121 Å². The Labute approximate surface area is 246 Å². The number of carboxylic acids is 3. The Balaban J connectivity index is 0.000000493. The summed E-state index contributed by atoms with van der Waals surface area (Å²) in [7, 11) is 0. The number of hydrogen-bond acceptors (Lipinski definition) is 4. The fourth-order valence-electron chi connectivity index (χ4n) is 12.1. The Morgan fingerprint density at radius 1 is 0.683 bits per heavy atom. The second-order valence-electron chi connectivity index (χ2n) is 16.6. The van der Waals surface area contributed by atoms with Crippen molar-refractivity contribution in [2.75, 3.05) is 0 Å². The van der Waals surface area contributed by atoms with E-state index in [1.165, 1.54) is 38.5 Å². The first-order valence-electron chi connectivity index (χ1n) is 16.1. The molecule has 41 heavy (non-hydrogen) atoms. The van der Waals surface area contributed by atoms with E-state index in [2.05, 4.69) is 55.4 Å². The molecule has 5 fully saturated rings. The van der Waals surface area contributed by atoms with Gasteiger partial charge in [0.25, 0.3) is 0 Å². The molecule has 0 spiro atoms. The van der Waals surface area contributed by atoms with Gasteiger partial charge >= 0.3 is 17.9 Å². The third kappa shape index (κ3) is 4.57. The van der Waals surface area contributed by atoms with Crippen LogP contribution in [0.5, 0.6) is 0 Å². The molecule has 0 saturated heterocycles. The topological polar surface area (TPSA) is 132 Å². The monoisotopic (exact) mass is 576 g/mol. The highest BCUT2D eigenvalue weighted by Crippen LogP contribution is 2.78. The molecule has 0 aromatic rings. The molecule has 0 aromatic carbocycles. The van der Waals surface area contributed by atoms with Crippen molar-refractivity contribution in [3.63, 3.8) is 0 Å². The van der Waals surface area contributed by atoms with Crippen molar-refractivity contribution in [2.24, 2.45) is 62.6 Å². The molecular weight excluding hydrogens is 520 g/mol. The third-order valence-corrected chi connectivity index (χ3v) is 14.8. The van der Waals surface area contributed by atoms with Crippen molar-refractivity contribution < 1.29 is 34.8 Å². The van der Waals surface area contributed by atoms with Gasteiger partial charge in [-0.25, -0.2) is 4.79 Å². The highest BCUT2D eigenvalue weighted by atomic mass is 16.4. The number of fused-ring (bicyclic) bond motifs is 7. The van der Waals surface area contributed by atoms with Crippen molar-refractivity contribution in [2.45, 2.75) is 132 Å². The second kappa shape index (κ2) is 10.2. The van der Waals surface area contributed by atoms with E-state index in [1.54, 1.807) is 0 Å². The van der Waals surface area contributed by atoms with E-state index in [0.29, 0.717) is 11.8 Å². The van der Waals surface area contributed by atoms with E-state index in [-0.39, 0.29) is 28.1 Å². The standard InChI is InChI=1S/C31H52O3.C3H4O4/c1-19-11-13-27(5)16-17-28(6)21(24(27)20(19)2)9-10-23-29(28,7)14-12-22-26(3,4)15-18-31(34,25(32)33)30(22,23)8;4-2(5)1-3(6)7/h19-24,34H,9-18H2,1-8H3,(H,32,33);1H2,(H,4,5)(H,6,7)/t19-,20+,21-,22+,23+,24+,27-,28-,29-,30+,31?;/m1./s1. The van der Waals surface area contributed by atoms with E-state index in [4.69, 9.17) is 10.2 Å². The van der Waals surface area contributed by atoms with E-state index < -0.39 is 35.3 Å². The summed E-state index contributed by atoms with van der Waals surface area (Å²) in [5, 5.41) is 37.8. The lowest BCUT2D eigenvalue weighted by atomic mass is 9.30. The van der Waals surface area contributed by atoms with Crippen molar-refractivity contribution in [3.05, 3.63) is 0 Å². The van der Waals surface area contributed by atoms with Crippen LogP contribution in [0, 0.1) is 62.6 Å². The highest BCUT2D eigenvalue weighted by molar-refractivity contribution is 5.88. The van der Waals surface area contributed by atoms with Crippen LogP contribution in [0.15, 0.2) is 0 Å². The molecule has 1 unspecified atom stereocenters. The predicted molar refractivity (Wildman–Crippen MR) is 157 cm³/mol. The maximum Gasteiger partial charge on any atom is 0.336 e. The second-order valence-corrected chi connectivity index (χ2v) is 16.6. The molecule has 7 nitrogen and oxygen atoms in total. The first-order valence-corrected chi connectivity index (χ1v) is 16.1. The summed E-state index contributed by atoms with van der Waals surface area (Å²) in [6.07, 6.45) is 10.3. The molecule has 0 bridgehead atoms. The number of aliphatic hydroxyl groups is 1. The Kier molecular flexibility index (Phi) is 8.06. The summed E-state index contributed by atoms with van der Waals surface area (Å²) >= 11 is 0. The Morgan fingerprint density at radius 2 is 1.29 bits per heavy atom. The van der Waals surface area contributed by atoms with E-state index in [9.17, 15) is 24.6 Å². The van der Waals surface area contributed by atoms with Gasteiger partial charge in [0.1, 0.15) is 6.42 Å². The van der Waals surface area contributed by atoms with Gasteiger partial charge in [0.05, 0.1) is 0 Å².